The molecule has 1 aliphatic heterocycles. The Morgan fingerprint density at radius 1 is 1.16 bits per heavy atom. The smallest absolute Gasteiger partial charge is 0.409 e. The molecule has 2 N–H and O–H groups in total. The summed E-state index contributed by atoms with van der Waals surface area (Å²) in [5.41, 5.74) is -1.52. The molecule has 1 aromatic carbocycles. The third-order valence-electron chi connectivity index (χ3n) is 8.99. The number of halogens is 3. The molecule has 2 fully saturated rings. The van der Waals surface area contributed by atoms with Crippen molar-refractivity contribution in [3.8, 4) is 5.75 Å². The molecule has 15 heteroatoms. The number of carbonyl (C=O) groups excluding carboxylic acids is 3. The second kappa shape index (κ2) is 11.4. The predicted octanol–water partition coefficient (Wildman–Crippen LogP) is 5.10. The maximum absolute atomic E-state index is 15.9. The van der Waals surface area contributed by atoms with Gasteiger partial charge in [-0.1, -0.05) is 25.9 Å². The number of esters is 1. The van der Waals surface area contributed by atoms with E-state index in [4.69, 9.17) is 9.47 Å². The van der Waals surface area contributed by atoms with Crippen LogP contribution in [0.3, 0.4) is 0 Å². The van der Waals surface area contributed by atoms with Crippen LogP contribution in [0.5, 0.6) is 5.75 Å². The summed E-state index contributed by atoms with van der Waals surface area (Å²) in [6.07, 6.45) is -0.831. The van der Waals surface area contributed by atoms with Crippen molar-refractivity contribution in [3.05, 3.63) is 35.2 Å². The van der Waals surface area contributed by atoms with Gasteiger partial charge in [-0.05, 0) is 54.8 Å². The molecule has 12 nitrogen and oxygen atoms in total. The third-order valence-corrected chi connectivity index (χ3v) is 8.99. The average Bonchev–Trinajstić information content (AvgIpc) is 3.71. The second-order valence-corrected chi connectivity index (χ2v) is 12.6. The maximum Gasteiger partial charge on any atom is 0.409 e. The summed E-state index contributed by atoms with van der Waals surface area (Å²) in [6, 6.07) is 1.88. The number of imidazole rings is 1. The molecule has 44 heavy (non-hydrogen) atoms. The van der Waals surface area contributed by atoms with Crippen molar-refractivity contribution >= 4 is 29.0 Å². The van der Waals surface area contributed by atoms with Crippen LogP contribution in [0, 0.1) is 29.5 Å². The summed E-state index contributed by atoms with van der Waals surface area (Å²) in [7, 11) is 1.26. The summed E-state index contributed by atoms with van der Waals surface area (Å²) in [5, 5.41) is 10.0. The standard InChI is InChI=1S/C29H35F3N6O6/c1-15-20(37-44-36-15)24(39)35-21(16-8-10-29(31,32)11-9-16)23-33-17-6-7-18(19(30)22(17)34-23)43-25(40)28(27(2,3)4)12-13-38(14-28)26(41)42-5/h6-7,16,21H,8-14H2,1-5H3,(H,33,34)(H,35,39)/t21-,28?/m0/s1. The van der Waals surface area contributed by atoms with Gasteiger partial charge in [0.05, 0.1) is 24.1 Å². The van der Waals surface area contributed by atoms with E-state index in [1.54, 1.807) is 0 Å². The fraction of sp³-hybridized carbons (Fsp3) is 0.586. The molecule has 0 bridgehead atoms. The van der Waals surface area contributed by atoms with Crippen molar-refractivity contribution in [2.24, 2.45) is 16.7 Å². The van der Waals surface area contributed by atoms with Gasteiger partial charge in [-0.15, -0.1) is 0 Å². The van der Waals surface area contributed by atoms with Crippen LogP contribution < -0.4 is 10.1 Å². The Morgan fingerprint density at radius 3 is 2.48 bits per heavy atom. The SMILES string of the molecule is COC(=O)N1CCC(C(=O)Oc2ccc3[nH]c([C@@H](NC(=O)c4nonc4C)C4CCC(F)(F)CC4)nc3c2F)(C(C)(C)C)C1. The molecule has 3 aromatic rings. The minimum atomic E-state index is -2.81. The zero-order valence-corrected chi connectivity index (χ0v) is 25.1. The van der Waals surface area contributed by atoms with Crippen LogP contribution in [-0.2, 0) is 9.53 Å². The third kappa shape index (κ3) is 5.71. The topological polar surface area (TPSA) is 153 Å². The number of benzene rings is 1. The van der Waals surface area contributed by atoms with E-state index in [9.17, 15) is 23.2 Å². The first kappa shape index (κ1) is 31.3. The van der Waals surface area contributed by atoms with Gasteiger partial charge in [-0.3, -0.25) is 9.59 Å². The Balaban J connectivity index is 1.44. The van der Waals surface area contributed by atoms with Gasteiger partial charge in [0.15, 0.2) is 17.3 Å². The predicted molar refractivity (Wildman–Crippen MR) is 148 cm³/mol. The summed E-state index contributed by atoms with van der Waals surface area (Å²) < 4.78 is 58.9. The molecule has 0 spiro atoms. The molecular weight excluding hydrogens is 585 g/mol. The Kier molecular flexibility index (Phi) is 8.10. The molecule has 1 saturated heterocycles. The summed E-state index contributed by atoms with van der Waals surface area (Å²) in [5.74, 6) is -5.72. The number of alkyl halides is 2. The Hall–Kier alpha value is -4.17. The van der Waals surface area contributed by atoms with E-state index in [-0.39, 0.29) is 72.8 Å². The fourth-order valence-electron chi connectivity index (χ4n) is 6.10. The Bertz CT molecular complexity index is 1570. The Labute approximate surface area is 251 Å². The van der Waals surface area contributed by atoms with Crippen LogP contribution in [0.25, 0.3) is 11.0 Å². The maximum atomic E-state index is 15.9. The minimum absolute atomic E-state index is 0.0424. The summed E-state index contributed by atoms with van der Waals surface area (Å²) in [4.78, 5) is 47.7. The van der Waals surface area contributed by atoms with Crippen molar-refractivity contribution in [1.29, 1.82) is 0 Å². The molecule has 0 radical (unpaired) electrons. The number of hydrogen-bond donors (Lipinski definition) is 2. The van der Waals surface area contributed by atoms with Crippen molar-refractivity contribution in [3.63, 3.8) is 0 Å². The molecule has 2 amide bonds. The molecule has 1 unspecified atom stereocenters. The number of rotatable bonds is 6. The highest BCUT2D eigenvalue weighted by atomic mass is 19.3. The number of H-pyrrole nitrogens is 1. The molecule has 2 aliphatic rings. The molecule has 1 aliphatic carbocycles. The number of nitrogens with zero attached hydrogens (tertiary/aromatic N) is 4. The minimum Gasteiger partial charge on any atom is -0.453 e. The Morgan fingerprint density at radius 2 is 1.86 bits per heavy atom. The van der Waals surface area contributed by atoms with Crippen molar-refractivity contribution < 1.29 is 41.7 Å². The number of amides is 2. The van der Waals surface area contributed by atoms with Crippen molar-refractivity contribution in [2.45, 2.75) is 71.8 Å². The van der Waals surface area contributed by atoms with Gasteiger partial charge in [0, 0.05) is 25.9 Å². The number of aryl methyl sites for hydroxylation is 1. The van der Waals surface area contributed by atoms with Gasteiger partial charge >= 0.3 is 12.1 Å². The highest BCUT2D eigenvalue weighted by Gasteiger charge is 2.55. The first-order valence-electron chi connectivity index (χ1n) is 14.4. The largest absolute Gasteiger partial charge is 0.453 e. The lowest BCUT2D eigenvalue weighted by Crippen LogP contribution is -2.48. The monoisotopic (exact) mass is 620 g/mol. The van der Waals surface area contributed by atoms with Crippen LogP contribution in [-0.4, -0.2) is 69.3 Å². The van der Waals surface area contributed by atoms with Crippen LogP contribution in [0.1, 0.15) is 80.9 Å². The molecular formula is C29H35F3N6O6. The highest BCUT2D eigenvalue weighted by Crippen LogP contribution is 2.48. The number of carbonyl (C=O) groups is 3. The lowest BCUT2D eigenvalue weighted by Gasteiger charge is -2.39. The summed E-state index contributed by atoms with van der Waals surface area (Å²) >= 11 is 0. The normalized spacial score (nSPS) is 21.3. The zero-order valence-electron chi connectivity index (χ0n) is 25.1. The van der Waals surface area contributed by atoms with Crippen LogP contribution in [0.4, 0.5) is 18.0 Å². The number of hydrogen-bond acceptors (Lipinski definition) is 9. The van der Waals surface area contributed by atoms with Crippen LogP contribution in [0.2, 0.25) is 0 Å². The number of aromatic amines is 1. The van der Waals surface area contributed by atoms with Gasteiger partial charge < -0.3 is 24.7 Å². The van der Waals surface area contributed by atoms with Gasteiger partial charge in [0.25, 0.3) is 5.91 Å². The molecule has 5 rings (SSSR count). The molecule has 1 saturated carbocycles. The first-order chi connectivity index (χ1) is 20.7. The van der Waals surface area contributed by atoms with Crippen LogP contribution in [0.15, 0.2) is 16.8 Å². The average molecular weight is 621 g/mol. The van der Waals surface area contributed by atoms with E-state index in [1.165, 1.54) is 31.1 Å². The highest BCUT2D eigenvalue weighted by molar-refractivity contribution is 5.93. The molecule has 3 heterocycles. The van der Waals surface area contributed by atoms with Crippen LogP contribution >= 0.6 is 0 Å². The second-order valence-electron chi connectivity index (χ2n) is 12.6. The number of fused-ring (bicyclic) bond motifs is 1. The van der Waals surface area contributed by atoms with Gasteiger partial charge in [-0.25, -0.2) is 27.6 Å². The molecule has 2 atom stereocenters. The summed E-state index contributed by atoms with van der Waals surface area (Å²) in [6.45, 7) is 7.39. The number of nitrogens with one attached hydrogen (secondary N) is 2. The van der Waals surface area contributed by atoms with Gasteiger partial charge in [-0.2, -0.15) is 0 Å². The fourth-order valence-corrected chi connectivity index (χ4v) is 6.10. The van der Waals surface area contributed by atoms with Crippen molar-refractivity contribution in [1.82, 2.24) is 30.5 Å². The van der Waals surface area contributed by atoms with E-state index < -0.39 is 52.5 Å². The van der Waals surface area contributed by atoms with Gasteiger partial charge in [0.2, 0.25) is 5.92 Å². The number of likely N-dealkylation sites (tertiary alicyclic amines) is 1. The number of methoxy groups -OCH3 is 1. The molecule has 2 aromatic heterocycles. The van der Waals surface area contributed by atoms with E-state index in [0.717, 1.165) is 0 Å². The molecule has 238 valence electrons. The first-order valence-corrected chi connectivity index (χ1v) is 14.4. The van der Waals surface area contributed by atoms with Crippen molar-refractivity contribution in [2.75, 3.05) is 20.2 Å². The lowest BCUT2D eigenvalue weighted by molar-refractivity contribution is -0.152. The van der Waals surface area contributed by atoms with E-state index in [2.05, 4.69) is 30.2 Å². The van der Waals surface area contributed by atoms with E-state index in [0.29, 0.717) is 6.42 Å². The van der Waals surface area contributed by atoms with E-state index in [1.807, 2.05) is 20.8 Å². The number of aromatic nitrogens is 4. The van der Waals surface area contributed by atoms with E-state index >= 15 is 4.39 Å². The number of ether oxygens (including phenoxy) is 2. The quantitative estimate of drug-likeness (QED) is 0.283. The van der Waals surface area contributed by atoms with Gasteiger partial charge in [0.1, 0.15) is 17.0 Å². The zero-order chi connectivity index (χ0) is 32.0. The lowest BCUT2D eigenvalue weighted by atomic mass is 9.66.